The molecule has 0 unspecified atom stereocenters. The van der Waals surface area contributed by atoms with Crippen molar-refractivity contribution in [3.05, 3.63) is 42.9 Å². The van der Waals surface area contributed by atoms with Gasteiger partial charge in [0.2, 0.25) is 0 Å². The average molecular weight is 185 g/mol. The molecule has 0 radical (unpaired) electrons. The summed E-state index contributed by atoms with van der Waals surface area (Å²) < 4.78 is 0. The number of aromatic amines is 1. The number of nitrogens with one attached hydrogen (secondary N) is 1. The maximum atomic E-state index is 4.01. The quantitative estimate of drug-likeness (QED) is 0.781. The fourth-order valence-corrected chi connectivity index (χ4v) is 1.35. The fraction of sp³-hybridized carbons (Fsp3) is 0.0909. The zero-order chi connectivity index (χ0) is 9.97. The highest BCUT2D eigenvalue weighted by molar-refractivity contribution is 5.76. The van der Waals surface area contributed by atoms with Gasteiger partial charge in [0.1, 0.15) is 0 Å². The van der Waals surface area contributed by atoms with E-state index < -0.39 is 0 Å². The molecule has 0 aliphatic rings. The Morgan fingerprint density at radius 1 is 1.36 bits per heavy atom. The van der Waals surface area contributed by atoms with Crippen molar-refractivity contribution in [1.82, 2.24) is 15.2 Å². The van der Waals surface area contributed by atoms with E-state index in [4.69, 9.17) is 0 Å². The van der Waals surface area contributed by atoms with E-state index in [0.717, 1.165) is 22.4 Å². The van der Waals surface area contributed by atoms with Gasteiger partial charge in [-0.3, -0.25) is 10.1 Å². The van der Waals surface area contributed by atoms with Crippen LogP contribution in [0.2, 0.25) is 0 Å². The Labute approximate surface area is 82.5 Å². The van der Waals surface area contributed by atoms with Gasteiger partial charge < -0.3 is 0 Å². The highest BCUT2D eigenvalue weighted by atomic mass is 15.1. The molecular formula is C11H11N3. The van der Waals surface area contributed by atoms with Crippen molar-refractivity contribution in [1.29, 1.82) is 0 Å². The van der Waals surface area contributed by atoms with Crippen molar-refractivity contribution in [3.8, 4) is 11.3 Å². The first-order valence-corrected chi connectivity index (χ1v) is 4.38. The molecule has 0 saturated heterocycles. The van der Waals surface area contributed by atoms with Crippen LogP contribution >= 0.6 is 0 Å². The van der Waals surface area contributed by atoms with Crippen molar-refractivity contribution in [2.45, 2.75) is 6.92 Å². The first kappa shape index (κ1) is 8.69. The Kier molecular flexibility index (Phi) is 2.14. The molecule has 0 spiro atoms. The third-order valence-corrected chi connectivity index (χ3v) is 2.07. The number of nitrogens with zero attached hydrogens (tertiary/aromatic N) is 2. The summed E-state index contributed by atoms with van der Waals surface area (Å²) in [6, 6.07) is 3.89. The molecular weight excluding hydrogens is 174 g/mol. The Balaban J connectivity index is 2.52. The van der Waals surface area contributed by atoms with Crippen LogP contribution in [0.3, 0.4) is 0 Å². The molecule has 0 saturated carbocycles. The van der Waals surface area contributed by atoms with Crippen LogP contribution in [0.4, 0.5) is 0 Å². The van der Waals surface area contributed by atoms with Gasteiger partial charge in [-0.25, -0.2) is 0 Å². The van der Waals surface area contributed by atoms with Crippen LogP contribution in [0.15, 0.2) is 37.3 Å². The third kappa shape index (κ3) is 1.44. The van der Waals surface area contributed by atoms with Gasteiger partial charge in [-0.1, -0.05) is 6.58 Å². The summed E-state index contributed by atoms with van der Waals surface area (Å²) in [5.74, 6) is 0. The van der Waals surface area contributed by atoms with Crippen LogP contribution in [0.5, 0.6) is 0 Å². The number of aromatic nitrogens is 3. The van der Waals surface area contributed by atoms with E-state index in [1.807, 2.05) is 19.1 Å². The van der Waals surface area contributed by atoms with Gasteiger partial charge in [0.15, 0.2) is 0 Å². The third-order valence-electron chi connectivity index (χ3n) is 2.07. The van der Waals surface area contributed by atoms with E-state index in [1.54, 1.807) is 18.6 Å². The second kappa shape index (κ2) is 3.46. The number of rotatable bonds is 2. The van der Waals surface area contributed by atoms with Crippen LogP contribution in [0, 0.1) is 0 Å². The van der Waals surface area contributed by atoms with Crippen molar-refractivity contribution >= 4 is 5.57 Å². The van der Waals surface area contributed by atoms with Gasteiger partial charge in [-0.15, -0.1) is 0 Å². The predicted octanol–water partition coefficient (Wildman–Crippen LogP) is 2.50. The molecule has 70 valence electrons. The Bertz CT molecular complexity index is 443. The summed E-state index contributed by atoms with van der Waals surface area (Å²) in [7, 11) is 0. The van der Waals surface area contributed by atoms with Crippen LogP contribution < -0.4 is 0 Å². The lowest BCUT2D eigenvalue weighted by Crippen LogP contribution is -1.83. The maximum Gasteiger partial charge on any atom is 0.0726 e. The monoisotopic (exact) mass is 185 g/mol. The van der Waals surface area contributed by atoms with Crippen molar-refractivity contribution in [3.63, 3.8) is 0 Å². The van der Waals surface area contributed by atoms with Gasteiger partial charge in [0, 0.05) is 23.5 Å². The van der Waals surface area contributed by atoms with E-state index in [-0.39, 0.29) is 0 Å². The summed E-state index contributed by atoms with van der Waals surface area (Å²) in [5.41, 5.74) is 4.14. The molecule has 0 aromatic carbocycles. The molecule has 0 bridgehead atoms. The summed E-state index contributed by atoms with van der Waals surface area (Å²) in [5, 5.41) is 6.98. The summed E-state index contributed by atoms with van der Waals surface area (Å²) in [4.78, 5) is 3.97. The largest absolute Gasteiger partial charge is 0.277 e. The van der Waals surface area contributed by atoms with Gasteiger partial charge in [0.05, 0.1) is 11.9 Å². The molecule has 3 heteroatoms. The Morgan fingerprint density at radius 3 is 2.71 bits per heavy atom. The van der Waals surface area contributed by atoms with Gasteiger partial charge in [-0.05, 0) is 24.6 Å². The topological polar surface area (TPSA) is 41.6 Å². The molecule has 0 amide bonds. The van der Waals surface area contributed by atoms with E-state index in [2.05, 4.69) is 21.8 Å². The summed E-state index contributed by atoms with van der Waals surface area (Å²) in [6.45, 7) is 5.88. The van der Waals surface area contributed by atoms with Crippen LogP contribution in [0.1, 0.15) is 12.5 Å². The molecule has 2 aromatic rings. The molecule has 0 atom stereocenters. The highest BCUT2D eigenvalue weighted by Gasteiger charge is 2.06. The maximum absolute atomic E-state index is 4.01. The van der Waals surface area contributed by atoms with Crippen LogP contribution in [-0.2, 0) is 0 Å². The Hall–Kier alpha value is -1.90. The summed E-state index contributed by atoms with van der Waals surface area (Å²) >= 11 is 0. The van der Waals surface area contributed by atoms with Gasteiger partial charge >= 0.3 is 0 Å². The highest BCUT2D eigenvalue weighted by Crippen LogP contribution is 2.24. The first-order valence-electron chi connectivity index (χ1n) is 4.38. The Morgan fingerprint density at radius 2 is 2.07 bits per heavy atom. The number of allylic oxidation sites excluding steroid dienone is 1. The number of pyridine rings is 1. The number of hydrogen-bond acceptors (Lipinski definition) is 2. The lowest BCUT2D eigenvalue weighted by atomic mass is 10.1. The molecule has 0 fully saturated rings. The number of hydrogen-bond donors (Lipinski definition) is 1. The minimum Gasteiger partial charge on any atom is -0.277 e. The van der Waals surface area contributed by atoms with Crippen LogP contribution in [-0.4, -0.2) is 15.2 Å². The molecule has 14 heavy (non-hydrogen) atoms. The molecule has 0 aliphatic carbocycles. The van der Waals surface area contributed by atoms with E-state index in [0.29, 0.717) is 0 Å². The van der Waals surface area contributed by atoms with E-state index in [1.165, 1.54) is 0 Å². The van der Waals surface area contributed by atoms with Gasteiger partial charge in [-0.2, -0.15) is 5.10 Å². The lowest BCUT2D eigenvalue weighted by molar-refractivity contribution is 1.09. The normalized spacial score (nSPS) is 10.1. The molecule has 1 N–H and O–H groups in total. The average Bonchev–Trinajstić information content (AvgIpc) is 2.67. The SMILES string of the molecule is C=C(C)c1cn[nH]c1-c1ccncc1. The molecule has 0 aliphatic heterocycles. The van der Waals surface area contributed by atoms with Crippen molar-refractivity contribution in [2.75, 3.05) is 0 Å². The van der Waals surface area contributed by atoms with Crippen LogP contribution in [0.25, 0.3) is 16.8 Å². The van der Waals surface area contributed by atoms with Crippen molar-refractivity contribution in [2.24, 2.45) is 0 Å². The predicted molar refractivity (Wildman–Crippen MR) is 56.5 cm³/mol. The minimum absolute atomic E-state index is 1.000. The fourth-order valence-electron chi connectivity index (χ4n) is 1.35. The van der Waals surface area contributed by atoms with Gasteiger partial charge in [0.25, 0.3) is 0 Å². The number of H-pyrrole nitrogens is 1. The molecule has 2 aromatic heterocycles. The summed E-state index contributed by atoms with van der Waals surface area (Å²) in [6.07, 6.45) is 5.31. The first-order chi connectivity index (χ1) is 6.79. The zero-order valence-electron chi connectivity index (χ0n) is 7.99. The second-order valence-electron chi connectivity index (χ2n) is 3.17. The second-order valence-corrected chi connectivity index (χ2v) is 3.17. The molecule has 2 heterocycles. The minimum atomic E-state index is 1.000. The molecule has 3 nitrogen and oxygen atoms in total. The van der Waals surface area contributed by atoms with E-state index >= 15 is 0 Å². The lowest BCUT2D eigenvalue weighted by Gasteiger charge is -2.01. The van der Waals surface area contributed by atoms with E-state index in [9.17, 15) is 0 Å². The smallest absolute Gasteiger partial charge is 0.0726 e. The standard InChI is InChI=1S/C11H11N3/c1-8(2)10-7-13-14-11(10)9-3-5-12-6-4-9/h3-7H,1H2,2H3,(H,13,14). The zero-order valence-corrected chi connectivity index (χ0v) is 7.99. The van der Waals surface area contributed by atoms with Crippen molar-refractivity contribution < 1.29 is 0 Å². The molecule has 2 rings (SSSR count).